The Kier molecular flexibility index (Phi) is 3.59. The van der Waals surface area contributed by atoms with Crippen LogP contribution >= 0.6 is 11.8 Å². The van der Waals surface area contributed by atoms with Crippen LogP contribution in [0.3, 0.4) is 0 Å². The van der Waals surface area contributed by atoms with E-state index in [0.717, 1.165) is 17.9 Å². The maximum Gasteiger partial charge on any atom is 0.239 e. The Hall–Kier alpha value is -0.710. The third-order valence-electron chi connectivity index (χ3n) is 2.09. The Balaban J connectivity index is 2.35. The van der Waals surface area contributed by atoms with Crippen LogP contribution in [0.15, 0.2) is 0 Å². The lowest BCUT2D eigenvalue weighted by molar-refractivity contribution is -0.129. The molecule has 1 aliphatic heterocycles. The molecular weight excluding hydrogens is 188 g/mol. The molecule has 3 N–H and O–H groups in total. The summed E-state index contributed by atoms with van der Waals surface area (Å²) >= 11 is 1.77. The normalized spacial score (nSPS) is 23.9. The van der Waals surface area contributed by atoms with Gasteiger partial charge in [0.15, 0.2) is 0 Å². The molecule has 1 heterocycles. The Morgan fingerprint density at radius 3 is 2.77 bits per heavy atom. The summed E-state index contributed by atoms with van der Waals surface area (Å²) in [6, 6.07) is -0.557. The number of nitrogens with one attached hydrogen (secondary N) is 1. The summed E-state index contributed by atoms with van der Waals surface area (Å²) in [5.74, 6) is 1.42. The van der Waals surface area contributed by atoms with E-state index in [4.69, 9.17) is 5.73 Å². The van der Waals surface area contributed by atoms with Crippen molar-refractivity contribution in [1.82, 2.24) is 5.32 Å². The quantitative estimate of drug-likeness (QED) is 0.661. The van der Waals surface area contributed by atoms with E-state index in [2.05, 4.69) is 5.32 Å². The molecule has 0 aromatic rings. The second kappa shape index (κ2) is 4.50. The van der Waals surface area contributed by atoms with E-state index in [1.165, 1.54) is 0 Å². The smallest absolute Gasteiger partial charge is 0.239 e. The number of hydrogen-bond donors (Lipinski definition) is 2. The molecule has 4 nitrogen and oxygen atoms in total. The molecule has 5 heteroatoms. The van der Waals surface area contributed by atoms with Crippen molar-refractivity contribution >= 4 is 23.6 Å². The van der Waals surface area contributed by atoms with E-state index in [-0.39, 0.29) is 11.8 Å². The Morgan fingerprint density at radius 1 is 1.62 bits per heavy atom. The lowest BCUT2D eigenvalue weighted by Crippen LogP contribution is -2.44. The number of amides is 2. The predicted octanol–water partition coefficient (Wildman–Crippen LogP) is -0.271. The highest BCUT2D eigenvalue weighted by molar-refractivity contribution is 7.99. The molecule has 13 heavy (non-hydrogen) atoms. The van der Waals surface area contributed by atoms with Gasteiger partial charge in [-0.1, -0.05) is 0 Å². The molecule has 1 rings (SSSR count). The van der Waals surface area contributed by atoms with Crippen molar-refractivity contribution in [1.29, 1.82) is 0 Å². The van der Waals surface area contributed by atoms with Gasteiger partial charge in [-0.25, -0.2) is 0 Å². The van der Waals surface area contributed by atoms with Crippen LogP contribution in [0.5, 0.6) is 0 Å². The van der Waals surface area contributed by atoms with Crippen LogP contribution in [0.1, 0.15) is 13.3 Å². The fraction of sp³-hybridized carbons (Fsp3) is 0.750. The summed E-state index contributed by atoms with van der Waals surface area (Å²) < 4.78 is 0. The summed E-state index contributed by atoms with van der Waals surface area (Å²) in [6.45, 7) is 1.60. The van der Waals surface area contributed by atoms with Crippen molar-refractivity contribution in [2.24, 2.45) is 11.7 Å². The van der Waals surface area contributed by atoms with E-state index in [0.29, 0.717) is 0 Å². The Morgan fingerprint density at radius 2 is 2.31 bits per heavy atom. The molecule has 1 aliphatic rings. The van der Waals surface area contributed by atoms with Gasteiger partial charge in [-0.3, -0.25) is 9.59 Å². The molecule has 0 saturated carbocycles. The molecule has 74 valence electrons. The van der Waals surface area contributed by atoms with Crippen molar-refractivity contribution in [2.75, 3.05) is 11.5 Å². The number of nitrogens with two attached hydrogens (primary N) is 1. The van der Waals surface area contributed by atoms with E-state index >= 15 is 0 Å². The highest BCUT2D eigenvalue weighted by atomic mass is 32.2. The zero-order chi connectivity index (χ0) is 9.84. The van der Waals surface area contributed by atoms with E-state index < -0.39 is 11.9 Å². The standard InChI is InChI=1S/C8H14N2O2S/c1-5(7(9)11)10-8(12)6-2-3-13-4-6/h5-6H,2-4H2,1H3,(H2,9,11)(H,10,12)/t5-,6?/m1/s1. The van der Waals surface area contributed by atoms with Crippen LogP contribution < -0.4 is 11.1 Å². The van der Waals surface area contributed by atoms with Gasteiger partial charge in [-0.2, -0.15) is 11.8 Å². The Bertz CT molecular complexity index is 214. The lowest BCUT2D eigenvalue weighted by Gasteiger charge is -2.13. The summed E-state index contributed by atoms with van der Waals surface area (Å²) in [6.07, 6.45) is 0.905. The highest BCUT2D eigenvalue weighted by Gasteiger charge is 2.24. The number of primary amides is 1. The molecular formula is C8H14N2O2S. The third kappa shape index (κ3) is 2.91. The van der Waals surface area contributed by atoms with Crippen LogP contribution in [0.25, 0.3) is 0 Å². The molecule has 1 fully saturated rings. The number of hydrogen-bond acceptors (Lipinski definition) is 3. The fourth-order valence-corrected chi connectivity index (χ4v) is 2.36. The summed E-state index contributed by atoms with van der Waals surface area (Å²) in [5.41, 5.74) is 5.02. The monoisotopic (exact) mass is 202 g/mol. The van der Waals surface area contributed by atoms with Gasteiger partial charge < -0.3 is 11.1 Å². The highest BCUT2D eigenvalue weighted by Crippen LogP contribution is 2.23. The summed E-state index contributed by atoms with van der Waals surface area (Å²) in [5, 5.41) is 2.59. The van der Waals surface area contributed by atoms with Crippen molar-refractivity contribution in [3.05, 3.63) is 0 Å². The van der Waals surface area contributed by atoms with Crippen molar-refractivity contribution in [2.45, 2.75) is 19.4 Å². The number of carbonyl (C=O) groups is 2. The topological polar surface area (TPSA) is 72.2 Å². The van der Waals surface area contributed by atoms with Crippen LogP contribution in [0.4, 0.5) is 0 Å². The van der Waals surface area contributed by atoms with Crippen LogP contribution in [-0.2, 0) is 9.59 Å². The van der Waals surface area contributed by atoms with Crippen molar-refractivity contribution in [3.8, 4) is 0 Å². The van der Waals surface area contributed by atoms with Gasteiger partial charge >= 0.3 is 0 Å². The van der Waals surface area contributed by atoms with Crippen molar-refractivity contribution < 1.29 is 9.59 Å². The van der Waals surface area contributed by atoms with Gasteiger partial charge in [0.1, 0.15) is 6.04 Å². The third-order valence-corrected chi connectivity index (χ3v) is 3.25. The van der Waals surface area contributed by atoms with Gasteiger partial charge in [0.05, 0.1) is 0 Å². The Labute approximate surface area is 81.6 Å². The van der Waals surface area contributed by atoms with E-state index in [9.17, 15) is 9.59 Å². The molecule has 2 amide bonds. The molecule has 0 aliphatic carbocycles. The first-order valence-electron chi connectivity index (χ1n) is 4.28. The first-order chi connectivity index (χ1) is 6.11. The molecule has 0 radical (unpaired) electrons. The fourth-order valence-electron chi connectivity index (χ4n) is 1.14. The van der Waals surface area contributed by atoms with E-state index in [1.54, 1.807) is 18.7 Å². The van der Waals surface area contributed by atoms with Crippen LogP contribution in [0.2, 0.25) is 0 Å². The minimum atomic E-state index is -0.557. The van der Waals surface area contributed by atoms with E-state index in [1.807, 2.05) is 0 Å². The van der Waals surface area contributed by atoms with Gasteiger partial charge in [0.25, 0.3) is 0 Å². The molecule has 2 atom stereocenters. The first-order valence-corrected chi connectivity index (χ1v) is 5.44. The summed E-state index contributed by atoms with van der Waals surface area (Å²) in [7, 11) is 0. The van der Waals surface area contributed by atoms with Gasteiger partial charge in [-0.05, 0) is 19.1 Å². The minimum Gasteiger partial charge on any atom is -0.368 e. The zero-order valence-electron chi connectivity index (χ0n) is 7.58. The molecule has 1 unspecified atom stereocenters. The number of rotatable bonds is 3. The minimum absolute atomic E-state index is 0.0451. The predicted molar refractivity (Wildman–Crippen MR) is 52.2 cm³/mol. The number of carbonyl (C=O) groups excluding carboxylic acids is 2. The molecule has 0 bridgehead atoms. The number of thioether (sulfide) groups is 1. The van der Waals surface area contributed by atoms with Crippen LogP contribution in [0, 0.1) is 5.92 Å². The maximum atomic E-state index is 11.4. The SMILES string of the molecule is C[C@@H](NC(=O)C1CCSC1)C(N)=O. The molecule has 1 saturated heterocycles. The zero-order valence-corrected chi connectivity index (χ0v) is 8.39. The average molecular weight is 202 g/mol. The summed E-state index contributed by atoms with van der Waals surface area (Å²) in [4.78, 5) is 22.1. The molecule has 0 aromatic carbocycles. The van der Waals surface area contributed by atoms with Crippen molar-refractivity contribution in [3.63, 3.8) is 0 Å². The first kappa shape index (κ1) is 10.4. The van der Waals surface area contributed by atoms with Gasteiger partial charge in [0.2, 0.25) is 11.8 Å². The van der Waals surface area contributed by atoms with Gasteiger partial charge in [-0.15, -0.1) is 0 Å². The second-order valence-electron chi connectivity index (χ2n) is 3.19. The van der Waals surface area contributed by atoms with Gasteiger partial charge in [0, 0.05) is 11.7 Å². The van der Waals surface area contributed by atoms with Crippen LogP contribution in [-0.4, -0.2) is 29.4 Å². The average Bonchev–Trinajstić information content (AvgIpc) is 2.55. The second-order valence-corrected chi connectivity index (χ2v) is 4.34. The lowest BCUT2D eigenvalue weighted by atomic mass is 10.1. The molecule has 0 aromatic heterocycles. The molecule has 0 spiro atoms. The maximum absolute atomic E-state index is 11.4. The largest absolute Gasteiger partial charge is 0.368 e.